The van der Waals surface area contributed by atoms with Gasteiger partial charge in [-0.15, -0.1) is 0 Å². The summed E-state index contributed by atoms with van der Waals surface area (Å²) >= 11 is 6.00. The van der Waals surface area contributed by atoms with Crippen molar-refractivity contribution in [3.8, 4) is 5.75 Å². The molecule has 0 spiro atoms. The van der Waals surface area contributed by atoms with Crippen molar-refractivity contribution in [2.24, 2.45) is 0 Å². The van der Waals surface area contributed by atoms with Crippen molar-refractivity contribution in [2.75, 3.05) is 25.2 Å². The zero-order valence-electron chi connectivity index (χ0n) is 18.1. The van der Waals surface area contributed by atoms with Crippen LogP contribution in [-0.4, -0.2) is 32.1 Å². The molecule has 1 heterocycles. The molecular formula is C26H23ClN2O4. The van der Waals surface area contributed by atoms with Crippen LogP contribution in [0.15, 0.2) is 78.6 Å². The van der Waals surface area contributed by atoms with Gasteiger partial charge >= 0.3 is 0 Å². The van der Waals surface area contributed by atoms with E-state index in [-0.39, 0.29) is 17.6 Å². The smallest absolute Gasteiger partial charge is 0.294 e. The number of halogens is 1. The third-order valence-corrected chi connectivity index (χ3v) is 5.40. The highest BCUT2D eigenvalue weighted by molar-refractivity contribution is 6.30. The summed E-state index contributed by atoms with van der Waals surface area (Å²) in [6.45, 7) is 1.27. The van der Waals surface area contributed by atoms with Crippen molar-refractivity contribution in [1.82, 2.24) is 5.32 Å². The van der Waals surface area contributed by atoms with Gasteiger partial charge in [0.15, 0.2) is 11.5 Å². The molecule has 1 aliphatic heterocycles. The standard InChI is InChI=1S/C26H23ClN2O4/c1-32-15-14-28-25(30)20-10-6-18(7-11-20)16-24-26(31)29(17-19-8-12-21(27)13-9-19)22-4-2-3-5-23(22)33-24/h2-13,16H,14-15,17H2,1H3,(H,28,30). The SMILES string of the molecule is COCCNC(=O)c1ccc(C=C2Oc3ccccc3N(Cc3ccc(Cl)cc3)C2=O)cc1. The van der Waals surface area contributed by atoms with Crippen LogP contribution in [0.1, 0.15) is 21.5 Å². The minimum Gasteiger partial charge on any atom is -0.449 e. The molecule has 0 aliphatic carbocycles. The molecule has 7 heteroatoms. The van der Waals surface area contributed by atoms with Crippen LogP contribution < -0.4 is 15.0 Å². The number of ether oxygens (including phenoxy) is 2. The number of hydrogen-bond acceptors (Lipinski definition) is 4. The maximum absolute atomic E-state index is 13.3. The molecule has 6 nitrogen and oxygen atoms in total. The first kappa shape index (κ1) is 22.6. The normalized spacial score (nSPS) is 14.1. The van der Waals surface area contributed by atoms with Gasteiger partial charge in [0.1, 0.15) is 0 Å². The number of hydrogen-bond donors (Lipinski definition) is 1. The molecule has 33 heavy (non-hydrogen) atoms. The molecule has 1 N–H and O–H groups in total. The first-order valence-electron chi connectivity index (χ1n) is 10.5. The lowest BCUT2D eigenvalue weighted by atomic mass is 10.1. The lowest BCUT2D eigenvalue weighted by molar-refractivity contribution is -0.117. The van der Waals surface area contributed by atoms with E-state index in [0.29, 0.717) is 41.7 Å². The summed E-state index contributed by atoms with van der Waals surface area (Å²) in [5.41, 5.74) is 2.93. The summed E-state index contributed by atoms with van der Waals surface area (Å²) < 4.78 is 10.9. The summed E-state index contributed by atoms with van der Waals surface area (Å²) in [6, 6.07) is 21.8. The maximum atomic E-state index is 13.3. The van der Waals surface area contributed by atoms with Crippen molar-refractivity contribution in [3.05, 3.63) is 100 Å². The van der Waals surface area contributed by atoms with Gasteiger partial charge in [0.05, 0.1) is 18.8 Å². The van der Waals surface area contributed by atoms with E-state index in [1.165, 1.54) is 0 Å². The Morgan fingerprint density at radius 2 is 1.79 bits per heavy atom. The van der Waals surface area contributed by atoms with Gasteiger partial charge in [-0.05, 0) is 53.6 Å². The number of carbonyl (C=O) groups is 2. The van der Waals surface area contributed by atoms with E-state index in [9.17, 15) is 9.59 Å². The molecule has 1 aliphatic rings. The van der Waals surface area contributed by atoms with Crippen LogP contribution in [0.2, 0.25) is 5.02 Å². The number of amides is 2. The maximum Gasteiger partial charge on any atom is 0.294 e. The fourth-order valence-corrected chi connectivity index (χ4v) is 3.57. The molecule has 0 fully saturated rings. The fourth-order valence-electron chi connectivity index (χ4n) is 3.44. The second-order valence-electron chi connectivity index (χ2n) is 7.47. The largest absolute Gasteiger partial charge is 0.449 e. The van der Waals surface area contributed by atoms with Crippen LogP contribution in [0, 0.1) is 0 Å². The van der Waals surface area contributed by atoms with E-state index in [0.717, 1.165) is 11.1 Å². The van der Waals surface area contributed by atoms with E-state index in [1.54, 1.807) is 54.5 Å². The van der Waals surface area contributed by atoms with Crippen LogP contribution in [0.5, 0.6) is 5.75 Å². The number of anilines is 1. The Morgan fingerprint density at radius 1 is 1.06 bits per heavy atom. The highest BCUT2D eigenvalue weighted by atomic mass is 35.5. The Bertz CT molecular complexity index is 1170. The summed E-state index contributed by atoms with van der Waals surface area (Å²) in [6.07, 6.45) is 1.68. The molecule has 4 rings (SSSR count). The number of benzene rings is 3. The first-order valence-corrected chi connectivity index (χ1v) is 10.8. The number of nitrogens with one attached hydrogen (secondary N) is 1. The van der Waals surface area contributed by atoms with Crippen molar-refractivity contribution in [2.45, 2.75) is 6.54 Å². The van der Waals surface area contributed by atoms with Crippen molar-refractivity contribution < 1.29 is 19.1 Å². The number of fused-ring (bicyclic) bond motifs is 1. The second-order valence-corrected chi connectivity index (χ2v) is 7.90. The van der Waals surface area contributed by atoms with E-state index in [2.05, 4.69) is 5.32 Å². The van der Waals surface area contributed by atoms with Gasteiger partial charge in [-0.2, -0.15) is 0 Å². The Hall–Kier alpha value is -3.61. The Morgan fingerprint density at radius 3 is 2.52 bits per heavy atom. The molecule has 0 saturated heterocycles. The third kappa shape index (κ3) is 5.42. The van der Waals surface area contributed by atoms with Crippen LogP contribution in [0.4, 0.5) is 5.69 Å². The number of carbonyl (C=O) groups excluding carboxylic acids is 2. The lowest BCUT2D eigenvalue weighted by Crippen LogP contribution is -2.36. The van der Waals surface area contributed by atoms with Gasteiger partial charge in [-0.1, -0.05) is 48.0 Å². The van der Waals surface area contributed by atoms with Crippen LogP contribution in [-0.2, 0) is 16.1 Å². The monoisotopic (exact) mass is 462 g/mol. The summed E-state index contributed by atoms with van der Waals surface area (Å²) in [7, 11) is 1.58. The molecule has 2 amide bonds. The van der Waals surface area contributed by atoms with Crippen molar-refractivity contribution >= 4 is 35.2 Å². The fraction of sp³-hybridized carbons (Fsp3) is 0.154. The van der Waals surface area contributed by atoms with Crippen LogP contribution in [0.25, 0.3) is 6.08 Å². The van der Waals surface area contributed by atoms with Crippen molar-refractivity contribution in [1.29, 1.82) is 0 Å². The van der Waals surface area contributed by atoms with Crippen LogP contribution >= 0.6 is 11.6 Å². The molecule has 168 valence electrons. The average molecular weight is 463 g/mol. The summed E-state index contributed by atoms with van der Waals surface area (Å²) in [5.74, 6) is 0.385. The van der Waals surface area contributed by atoms with Gasteiger partial charge < -0.3 is 14.8 Å². The van der Waals surface area contributed by atoms with Gasteiger partial charge in [-0.25, -0.2) is 0 Å². The quantitative estimate of drug-likeness (QED) is 0.409. The Kier molecular flexibility index (Phi) is 7.07. The number of rotatable bonds is 7. The van der Waals surface area contributed by atoms with E-state index >= 15 is 0 Å². The molecule has 3 aromatic carbocycles. The molecule has 3 aromatic rings. The van der Waals surface area contributed by atoms with E-state index in [4.69, 9.17) is 21.1 Å². The van der Waals surface area contributed by atoms with Crippen LogP contribution in [0.3, 0.4) is 0 Å². The number of para-hydroxylation sites is 2. The minimum atomic E-state index is -0.245. The number of nitrogens with zero attached hydrogens (tertiary/aromatic N) is 1. The predicted octanol–water partition coefficient (Wildman–Crippen LogP) is 4.68. The molecular weight excluding hydrogens is 440 g/mol. The summed E-state index contributed by atoms with van der Waals surface area (Å²) in [4.78, 5) is 27.2. The molecule has 0 radical (unpaired) electrons. The molecule has 0 bridgehead atoms. The van der Waals surface area contributed by atoms with Gasteiger partial charge in [0, 0.05) is 24.2 Å². The first-order chi connectivity index (χ1) is 16.0. The van der Waals surface area contributed by atoms with E-state index in [1.807, 2.05) is 36.4 Å². The van der Waals surface area contributed by atoms with Gasteiger partial charge in [0.2, 0.25) is 0 Å². The van der Waals surface area contributed by atoms with E-state index < -0.39 is 0 Å². The molecule has 0 unspecified atom stereocenters. The molecule has 0 aromatic heterocycles. The predicted molar refractivity (Wildman–Crippen MR) is 128 cm³/mol. The third-order valence-electron chi connectivity index (χ3n) is 5.15. The summed E-state index contributed by atoms with van der Waals surface area (Å²) in [5, 5.41) is 3.42. The molecule has 0 atom stereocenters. The topological polar surface area (TPSA) is 67.9 Å². The highest BCUT2D eigenvalue weighted by Crippen LogP contribution is 2.36. The zero-order chi connectivity index (χ0) is 23.2. The minimum absolute atomic E-state index is 0.181. The molecule has 0 saturated carbocycles. The van der Waals surface area contributed by atoms with Gasteiger partial charge in [-0.3, -0.25) is 14.5 Å². The average Bonchev–Trinajstić information content (AvgIpc) is 2.83. The highest BCUT2D eigenvalue weighted by Gasteiger charge is 2.30. The lowest BCUT2D eigenvalue weighted by Gasteiger charge is -2.30. The Balaban J connectivity index is 1.57. The zero-order valence-corrected chi connectivity index (χ0v) is 18.8. The second kappa shape index (κ2) is 10.3. The number of methoxy groups -OCH3 is 1. The van der Waals surface area contributed by atoms with Crippen molar-refractivity contribution in [3.63, 3.8) is 0 Å². The van der Waals surface area contributed by atoms with Gasteiger partial charge in [0.25, 0.3) is 11.8 Å². The Labute approximate surface area is 197 Å².